The number of carbonyl (C=O) groups is 3. The first-order valence-electron chi connectivity index (χ1n) is 38.9. The SMILES string of the molecule is CC(C)(C)OC(=O)N1CCC(F)(F)CC1CN.COCCC(=O)N1CCC(F)(F)CC1CCc1nc(-c2c[nH]c3ncc(Cl)cc23)ncc1F.Cc1ccc(S(=O)(=O)n2cc(-c3ncc(F)c(CCC4CC(F)(F)CCN4C(=O)OC(C)(C)C)n3)c3cc(Cl)cnc32)cc1.Fc1cnc(-c2c[nH]c3ncc(Cl)cc23)nc1CCC1CC(F)(F)CCN1. The first kappa shape index (κ1) is 92.2. The molecule has 25 nitrogen and oxygen atoms in total. The fourth-order valence-corrected chi connectivity index (χ4v) is 16.2. The number of aromatic amines is 2. The molecule has 4 unspecified atom stereocenters. The molecule has 3 amide bonds. The van der Waals surface area contributed by atoms with Crippen molar-refractivity contribution in [2.75, 3.05) is 46.4 Å². The summed E-state index contributed by atoms with van der Waals surface area (Å²) in [7, 11) is -2.63. The van der Waals surface area contributed by atoms with Gasteiger partial charge in [-0.1, -0.05) is 52.5 Å². The third-order valence-corrected chi connectivity index (χ3v) is 22.7. The first-order valence-corrected chi connectivity index (χ1v) is 41.5. The monoisotopic (exact) mass is 1780 g/mol. The summed E-state index contributed by atoms with van der Waals surface area (Å²) in [5, 5.41) is 5.92. The zero-order valence-corrected chi connectivity index (χ0v) is 70.3. The van der Waals surface area contributed by atoms with Crippen LogP contribution in [0.4, 0.5) is 57.9 Å². The van der Waals surface area contributed by atoms with E-state index in [0.717, 1.165) is 33.5 Å². The molecule has 0 spiro atoms. The third-order valence-electron chi connectivity index (χ3n) is 20.4. The second-order valence-corrected chi connectivity index (χ2v) is 35.2. The van der Waals surface area contributed by atoms with Gasteiger partial charge in [-0.25, -0.2) is 115 Å². The molecule has 652 valence electrons. The van der Waals surface area contributed by atoms with Crippen LogP contribution in [0.2, 0.25) is 15.1 Å². The van der Waals surface area contributed by atoms with Gasteiger partial charge in [0.05, 0.1) is 74.7 Å². The average molecular weight is 1780 g/mol. The molecule has 9 aromatic heterocycles. The molecule has 121 heavy (non-hydrogen) atoms. The number of likely N-dealkylation sites (tertiary alicyclic amines) is 3. The summed E-state index contributed by atoms with van der Waals surface area (Å²) in [6.07, 6.45) is 8.61. The lowest BCUT2D eigenvalue weighted by atomic mass is 9.93. The number of fused-ring (bicyclic) bond motifs is 3. The van der Waals surface area contributed by atoms with Crippen LogP contribution >= 0.6 is 34.8 Å². The van der Waals surface area contributed by atoms with Crippen LogP contribution in [0.15, 0.2) is 103 Å². The zero-order chi connectivity index (χ0) is 87.9. The van der Waals surface area contributed by atoms with E-state index in [1.807, 2.05) is 6.92 Å². The van der Waals surface area contributed by atoms with Crippen LogP contribution < -0.4 is 11.1 Å². The van der Waals surface area contributed by atoms with Crippen LogP contribution in [0.25, 0.3) is 67.3 Å². The summed E-state index contributed by atoms with van der Waals surface area (Å²) < 4.78 is 198. The number of carbonyl (C=O) groups excluding carboxylic acids is 3. The molecule has 14 rings (SSSR count). The number of nitrogens with two attached hydrogens (primary N) is 1. The second-order valence-electron chi connectivity index (χ2n) is 32.0. The van der Waals surface area contributed by atoms with E-state index < -0.39 is 112 Å². The Kier molecular flexibility index (Phi) is 29.0. The van der Waals surface area contributed by atoms with Gasteiger partial charge in [-0.3, -0.25) is 4.79 Å². The number of nitrogens with one attached hydrogen (secondary N) is 3. The molecule has 10 aromatic rings. The van der Waals surface area contributed by atoms with Gasteiger partial charge in [0, 0.05) is 179 Å². The molecule has 4 saturated heterocycles. The number of H-pyrrole nitrogens is 2. The number of benzene rings is 1. The van der Waals surface area contributed by atoms with Crippen LogP contribution in [0.1, 0.15) is 141 Å². The number of piperidine rings is 4. The van der Waals surface area contributed by atoms with Crippen LogP contribution in [-0.2, 0) is 48.3 Å². The lowest BCUT2D eigenvalue weighted by Crippen LogP contribution is -2.53. The van der Waals surface area contributed by atoms with Crippen molar-refractivity contribution >= 4 is 96.0 Å². The maximum atomic E-state index is 15.0. The largest absolute Gasteiger partial charge is 0.444 e. The van der Waals surface area contributed by atoms with Crippen molar-refractivity contribution < 1.29 is 85.3 Å². The number of hydrogen-bond donors (Lipinski definition) is 4. The number of aromatic nitrogens is 12. The summed E-state index contributed by atoms with van der Waals surface area (Å²) in [6, 6.07) is 8.61. The van der Waals surface area contributed by atoms with Crippen molar-refractivity contribution in [1.29, 1.82) is 0 Å². The number of hydrogen-bond acceptors (Lipinski definition) is 19. The van der Waals surface area contributed by atoms with Crippen LogP contribution in [0, 0.1) is 24.4 Å². The van der Waals surface area contributed by atoms with Gasteiger partial charge in [0.2, 0.25) is 5.91 Å². The fourth-order valence-electron chi connectivity index (χ4n) is 14.4. The predicted octanol–water partition coefficient (Wildman–Crippen LogP) is 17.3. The van der Waals surface area contributed by atoms with E-state index in [2.05, 4.69) is 60.1 Å². The van der Waals surface area contributed by atoms with Gasteiger partial charge in [0.25, 0.3) is 33.7 Å². The number of ether oxygens (including phenoxy) is 3. The normalized spacial score (nSPS) is 19.0. The second kappa shape index (κ2) is 38.1. The van der Waals surface area contributed by atoms with Gasteiger partial charge >= 0.3 is 12.2 Å². The number of rotatable bonds is 18. The number of methoxy groups -OCH3 is 1. The van der Waals surface area contributed by atoms with Crippen LogP contribution in [0.3, 0.4) is 0 Å². The van der Waals surface area contributed by atoms with Crippen molar-refractivity contribution in [1.82, 2.24) is 78.8 Å². The number of amides is 3. The van der Waals surface area contributed by atoms with E-state index >= 15 is 0 Å². The molecule has 4 atom stereocenters. The topological polar surface area (TPSA) is 313 Å². The van der Waals surface area contributed by atoms with Gasteiger partial charge in [0.1, 0.15) is 22.5 Å². The van der Waals surface area contributed by atoms with Crippen molar-refractivity contribution in [3.63, 3.8) is 0 Å². The lowest BCUT2D eigenvalue weighted by molar-refractivity contribution is -0.144. The summed E-state index contributed by atoms with van der Waals surface area (Å²) >= 11 is 18.3. The third kappa shape index (κ3) is 24.1. The molecule has 0 aliphatic carbocycles. The summed E-state index contributed by atoms with van der Waals surface area (Å²) in [6.45, 7) is 12.3. The number of alkyl halides is 8. The first-order chi connectivity index (χ1) is 56.9. The molecule has 0 radical (unpaired) electrons. The number of nitrogens with zero attached hydrogens (tertiary/aromatic N) is 13. The minimum absolute atomic E-state index is 0.00806. The van der Waals surface area contributed by atoms with Gasteiger partial charge in [0.15, 0.2) is 40.6 Å². The van der Waals surface area contributed by atoms with Crippen molar-refractivity contribution in [3.8, 4) is 34.2 Å². The van der Waals surface area contributed by atoms with E-state index in [9.17, 15) is 71.1 Å². The molecular formula is C81H91Cl3F11N17O8S. The minimum atomic E-state index is -4.10. The number of halogens is 14. The standard InChI is InChI=1S/C30H31ClF3N5O4S.C22H23ClF3N5O2.C18H17ClF3N5.C11H20F2N2O2/c1-18-5-8-21(9-6-18)44(41,42)39-17-23(22-13-19(31)15-36-27(22)39)26-35-16-24(32)25(37-26)10-7-20-14-30(33,34)11-12-38(20)28(40)43-29(2,3)4;1-33-7-4-19(32)31-6-5-22(25,26)9-14(31)2-3-18-17(24)12-29-21(30-18)16-11-28-20-15(16)8-13(23)10-27-20;19-10-5-12-13(8-25-16(12)24-7-10)17-26-9-14(20)15(27-17)2-1-11-6-18(21,22)3-4-23-11;1-10(2,3)17-9(16)15-5-4-11(12,13)6-8(15)7-14/h5-6,8-9,13,15-17,20H,7,10-12,14H2,1-4H3;8,10-12,14H,2-7,9H2,1H3,(H,27,28);5,7-9,11,23H,1-4,6H2,(H,24,25);8H,4-7,14H2,1-3H3. The Morgan fingerprint density at radius 2 is 0.959 bits per heavy atom. The maximum Gasteiger partial charge on any atom is 0.410 e. The molecule has 40 heteroatoms. The molecule has 1 aromatic carbocycles. The van der Waals surface area contributed by atoms with Gasteiger partial charge in [-0.05, 0) is 117 Å². The smallest absolute Gasteiger partial charge is 0.410 e. The van der Waals surface area contributed by atoms with E-state index in [0.29, 0.717) is 55.5 Å². The summed E-state index contributed by atoms with van der Waals surface area (Å²) in [5.74, 6) is -12.9. The lowest BCUT2D eigenvalue weighted by Gasteiger charge is -2.39. The zero-order valence-electron chi connectivity index (χ0n) is 67.3. The van der Waals surface area contributed by atoms with E-state index in [1.165, 1.54) is 64.8 Å². The molecule has 4 fully saturated rings. The predicted molar refractivity (Wildman–Crippen MR) is 432 cm³/mol. The van der Waals surface area contributed by atoms with Crippen LogP contribution in [0.5, 0.6) is 0 Å². The molecule has 4 aliphatic rings. The quantitative estimate of drug-likeness (QED) is 0.0580. The minimum Gasteiger partial charge on any atom is -0.444 e. The molecule has 4 aliphatic heterocycles. The summed E-state index contributed by atoms with van der Waals surface area (Å²) in [4.78, 5) is 85.0. The van der Waals surface area contributed by atoms with E-state index in [-0.39, 0.29) is 172 Å². The fraction of sp³-hybridized carbons (Fsp3) is 0.481. The Morgan fingerprint density at radius 3 is 1.41 bits per heavy atom. The van der Waals surface area contributed by atoms with Crippen molar-refractivity contribution in [2.45, 2.75) is 209 Å². The number of aryl methyl sites for hydroxylation is 4. The van der Waals surface area contributed by atoms with E-state index in [4.69, 9.17) is 54.7 Å². The summed E-state index contributed by atoms with van der Waals surface area (Å²) in [5.41, 5.74) is 7.85. The number of pyridine rings is 3. The van der Waals surface area contributed by atoms with Gasteiger partial charge < -0.3 is 49.9 Å². The molecule has 0 saturated carbocycles. The highest BCUT2D eigenvalue weighted by Gasteiger charge is 2.46. The highest BCUT2D eigenvalue weighted by atomic mass is 35.5. The molecule has 0 bridgehead atoms. The highest BCUT2D eigenvalue weighted by Crippen LogP contribution is 2.40. The Balaban J connectivity index is 0.000000165. The Bertz CT molecular complexity index is 5470. The molecular weight excluding hydrogens is 1690 g/mol. The van der Waals surface area contributed by atoms with Crippen molar-refractivity contribution in [3.05, 3.63) is 153 Å². The Hall–Kier alpha value is -9.53. The van der Waals surface area contributed by atoms with Gasteiger partial charge in [-0.15, -0.1) is 0 Å². The Labute approximate surface area is 704 Å². The molecule has 5 N–H and O–H groups in total. The Morgan fingerprint density at radius 1 is 0.545 bits per heavy atom. The van der Waals surface area contributed by atoms with Gasteiger partial charge in [-0.2, -0.15) is 0 Å². The maximum absolute atomic E-state index is 15.0. The van der Waals surface area contributed by atoms with Crippen molar-refractivity contribution in [2.24, 2.45) is 5.73 Å². The average Bonchev–Trinajstić information content (AvgIpc) is 1.60. The highest BCUT2D eigenvalue weighted by molar-refractivity contribution is 7.90. The van der Waals surface area contributed by atoms with Crippen LogP contribution in [-0.4, -0.2) is 206 Å². The van der Waals surface area contributed by atoms with E-state index in [1.54, 1.807) is 78.2 Å². The molecule has 13 heterocycles.